The van der Waals surface area contributed by atoms with Crippen LogP contribution in [0.15, 0.2) is 12.1 Å². The zero-order chi connectivity index (χ0) is 15.0. The summed E-state index contributed by atoms with van der Waals surface area (Å²) in [5.74, 6) is -1.31. The van der Waals surface area contributed by atoms with Crippen molar-refractivity contribution in [2.45, 2.75) is 18.3 Å². The van der Waals surface area contributed by atoms with Crippen LogP contribution in [0, 0.1) is 0 Å². The minimum Gasteiger partial charge on any atom is -0.489 e. The number of hydrogen-bond acceptors (Lipinski definition) is 4. The van der Waals surface area contributed by atoms with Gasteiger partial charge >= 0.3 is 6.18 Å². The van der Waals surface area contributed by atoms with Crippen LogP contribution in [-0.2, 0) is 21.0 Å². The standard InChI is InChI=1S/C11H10ClF3O4S/c12-20(16,17)6-7-2-3-8(11(13,14)15)10-9(7)18-4-1-5-19-10/h2-3H,1,4-6H2. The van der Waals surface area contributed by atoms with E-state index in [0.717, 1.165) is 12.1 Å². The lowest BCUT2D eigenvalue weighted by Crippen LogP contribution is -2.10. The summed E-state index contributed by atoms with van der Waals surface area (Å²) in [7, 11) is 1.22. The van der Waals surface area contributed by atoms with Crippen molar-refractivity contribution < 1.29 is 31.1 Å². The van der Waals surface area contributed by atoms with Gasteiger partial charge in [0.15, 0.2) is 11.5 Å². The first kappa shape index (κ1) is 15.2. The van der Waals surface area contributed by atoms with Crippen LogP contribution in [0.5, 0.6) is 11.5 Å². The molecule has 1 aromatic rings. The van der Waals surface area contributed by atoms with E-state index in [1.807, 2.05) is 0 Å². The third kappa shape index (κ3) is 3.49. The minimum absolute atomic E-state index is 0.0462. The van der Waals surface area contributed by atoms with Gasteiger partial charge in [-0.3, -0.25) is 0 Å². The zero-order valence-electron chi connectivity index (χ0n) is 10.0. The third-order valence-electron chi connectivity index (χ3n) is 2.61. The molecule has 1 aliphatic heterocycles. The Labute approximate surface area is 117 Å². The maximum Gasteiger partial charge on any atom is 0.420 e. The smallest absolute Gasteiger partial charge is 0.420 e. The Morgan fingerprint density at radius 3 is 2.30 bits per heavy atom. The van der Waals surface area contributed by atoms with Gasteiger partial charge in [-0.2, -0.15) is 13.2 Å². The summed E-state index contributed by atoms with van der Waals surface area (Å²) in [4.78, 5) is 0. The Morgan fingerprint density at radius 2 is 1.75 bits per heavy atom. The number of alkyl halides is 3. The molecule has 0 radical (unpaired) electrons. The number of fused-ring (bicyclic) bond motifs is 1. The van der Waals surface area contributed by atoms with Crippen LogP contribution in [0.4, 0.5) is 13.2 Å². The normalized spacial score (nSPS) is 15.8. The first-order valence-corrected chi connectivity index (χ1v) is 8.07. The molecule has 1 aromatic carbocycles. The average molecular weight is 331 g/mol. The predicted octanol–water partition coefficient (Wildman–Crippen LogP) is 2.94. The second-order valence-electron chi connectivity index (χ2n) is 4.16. The highest BCUT2D eigenvalue weighted by Crippen LogP contribution is 2.45. The molecule has 9 heteroatoms. The molecular weight excluding hydrogens is 321 g/mol. The molecule has 1 heterocycles. The van der Waals surface area contributed by atoms with Crippen LogP contribution in [0.25, 0.3) is 0 Å². The van der Waals surface area contributed by atoms with E-state index in [2.05, 4.69) is 0 Å². The van der Waals surface area contributed by atoms with Crippen LogP contribution in [0.1, 0.15) is 17.5 Å². The molecule has 0 bridgehead atoms. The Bertz CT molecular complexity index is 613. The summed E-state index contributed by atoms with van der Waals surface area (Å²) in [6.45, 7) is 0.205. The van der Waals surface area contributed by atoms with E-state index in [-0.39, 0.29) is 24.5 Å². The molecule has 0 saturated heterocycles. The monoisotopic (exact) mass is 330 g/mol. The van der Waals surface area contributed by atoms with Crippen LogP contribution in [-0.4, -0.2) is 21.6 Å². The van der Waals surface area contributed by atoms with Crippen molar-refractivity contribution in [1.29, 1.82) is 0 Å². The van der Waals surface area contributed by atoms with E-state index < -0.39 is 32.3 Å². The van der Waals surface area contributed by atoms with Gasteiger partial charge in [0.25, 0.3) is 0 Å². The molecule has 4 nitrogen and oxygen atoms in total. The molecule has 0 fully saturated rings. The van der Waals surface area contributed by atoms with Crippen molar-refractivity contribution in [1.82, 2.24) is 0 Å². The van der Waals surface area contributed by atoms with Crippen LogP contribution in [0.2, 0.25) is 0 Å². The fourth-order valence-corrected chi connectivity index (χ4v) is 2.79. The first-order chi connectivity index (χ1) is 9.18. The van der Waals surface area contributed by atoms with Crippen LogP contribution >= 0.6 is 10.7 Å². The third-order valence-corrected chi connectivity index (χ3v) is 3.59. The van der Waals surface area contributed by atoms with Gasteiger partial charge in [0.05, 0.1) is 19.0 Å². The number of rotatable bonds is 2. The Kier molecular flexibility index (Phi) is 4.06. The molecule has 0 aromatic heterocycles. The molecule has 0 unspecified atom stereocenters. The largest absolute Gasteiger partial charge is 0.489 e. The van der Waals surface area contributed by atoms with Crippen molar-refractivity contribution in [2.75, 3.05) is 13.2 Å². The molecule has 0 N–H and O–H groups in total. The van der Waals surface area contributed by atoms with Crippen LogP contribution < -0.4 is 9.47 Å². The lowest BCUT2D eigenvalue weighted by molar-refractivity contribution is -0.139. The summed E-state index contributed by atoms with van der Waals surface area (Å²) in [6.07, 6.45) is -4.21. The van der Waals surface area contributed by atoms with Crippen molar-refractivity contribution in [2.24, 2.45) is 0 Å². The summed E-state index contributed by atoms with van der Waals surface area (Å²) in [5, 5.41) is 0. The van der Waals surface area contributed by atoms with E-state index in [1.165, 1.54) is 0 Å². The van der Waals surface area contributed by atoms with Crippen LogP contribution in [0.3, 0.4) is 0 Å². The van der Waals surface area contributed by atoms with Gasteiger partial charge in [0, 0.05) is 22.7 Å². The van der Waals surface area contributed by atoms with E-state index in [9.17, 15) is 21.6 Å². The van der Waals surface area contributed by atoms with Gasteiger partial charge in [-0.25, -0.2) is 8.42 Å². The lowest BCUT2D eigenvalue weighted by Gasteiger charge is -2.17. The number of ether oxygens (including phenoxy) is 2. The van der Waals surface area contributed by atoms with Gasteiger partial charge in [-0.15, -0.1) is 0 Å². The highest BCUT2D eigenvalue weighted by Gasteiger charge is 2.37. The molecule has 0 amide bonds. The highest BCUT2D eigenvalue weighted by molar-refractivity contribution is 8.13. The lowest BCUT2D eigenvalue weighted by atomic mass is 10.1. The maximum absolute atomic E-state index is 12.9. The van der Waals surface area contributed by atoms with E-state index in [0.29, 0.717) is 6.42 Å². The second-order valence-corrected chi connectivity index (χ2v) is 6.94. The fourth-order valence-electron chi connectivity index (χ4n) is 1.83. The fraction of sp³-hybridized carbons (Fsp3) is 0.455. The molecule has 2 rings (SSSR count). The van der Waals surface area contributed by atoms with E-state index in [1.54, 1.807) is 0 Å². The van der Waals surface area contributed by atoms with Crippen molar-refractivity contribution in [3.05, 3.63) is 23.3 Å². The minimum atomic E-state index is -4.61. The molecular formula is C11H10ClF3O4S. The van der Waals surface area contributed by atoms with E-state index >= 15 is 0 Å². The number of halogens is 4. The van der Waals surface area contributed by atoms with Gasteiger partial charge in [0.2, 0.25) is 9.05 Å². The molecule has 0 saturated carbocycles. The first-order valence-electron chi connectivity index (χ1n) is 5.59. The average Bonchev–Trinajstić information content (AvgIpc) is 2.51. The number of hydrogen-bond donors (Lipinski definition) is 0. The molecule has 1 aliphatic rings. The van der Waals surface area contributed by atoms with Gasteiger partial charge < -0.3 is 9.47 Å². The zero-order valence-corrected chi connectivity index (χ0v) is 11.6. The second kappa shape index (κ2) is 5.33. The van der Waals surface area contributed by atoms with Crippen molar-refractivity contribution in [3.8, 4) is 11.5 Å². The molecule has 0 spiro atoms. The highest BCUT2D eigenvalue weighted by atomic mass is 35.7. The molecule has 0 atom stereocenters. The molecule has 112 valence electrons. The SMILES string of the molecule is O=S(=O)(Cl)Cc1ccc(C(F)(F)F)c2c1OCCCO2. The van der Waals surface area contributed by atoms with Crippen molar-refractivity contribution in [3.63, 3.8) is 0 Å². The van der Waals surface area contributed by atoms with Gasteiger partial charge in [-0.05, 0) is 6.07 Å². The Balaban J connectivity index is 2.57. The molecule has 20 heavy (non-hydrogen) atoms. The number of benzene rings is 1. The van der Waals surface area contributed by atoms with Gasteiger partial charge in [0.1, 0.15) is 5.56 Å². The van der Waals surface area contributed by atoms with Crippen molar-refractivity contribution >= 4 is 19.7 Å². The Hall–Kier alpha value is -1.15. The summed E-state index contributed by atoms with van der Waals surface area (Å²) < 4.78 is 71.2. The quantitative estimate of drug-likeness (QED) is 0.782. The predicted molar refractivity (Wildman–Crippen MR) is 65.5 cm³/mol. The summed E-state index contributed by atoms with van der Waals surface area (Å²) >= 11 is 0. The maximum atomic E-state index is 12.9. The summed E-state index contributed by atoms with van der Waals surface area (Å²) in [6, 6.07) is 1.81. The van der Waals surface area contributed by atoms with Gasteiger partial charge in [-0.1, -0.05) is 6.07 Å². The van der Waals surface area contributed by atoms with E-state index in [4.69, 9.17) is 20.2 Å². The summed E-state index contributed by atoms with van der Waals surface area (Å²) in [5.41, 5.74) is -0.949. The Morgan fingerprint density at radius 1 is 1.15 bits per heavy atom. The molecule has 0 aliphatic carbocycles. The topological polar surface area (TPSA) is 52.6 Å².